The highest BCUT2D eigenvalue weighted by Gasteiger charge is 2.26. The number of benzene rings is 1. The molecule has 0 spiro atoms. The maximum Gasteiger partial charge on any atom is 0.247 e. The monoisotopic (exact) mass is 352 g/mol. The Hall–Kier alpha value is -1.99. The average molecular weight is 353 g/mol. The molecule has 7 nitrogen and oxygen atoms in total. The summed E-state index contributed by atoms with van der Waals surface area (Å²) in [5.41, 5.74) is 6.58. The molecule has 2 atom stereocenters. The number of halogens is 1. The van der Waals surface area contributed by atoms with Crippen LogP contribution in [0.25, 0.3) is 11.4 Å². The summed E-state index contributed by atoms with van der Waals surface area (Å²) in [7, 11) is 0. The normalized spacial score (nSPS) is 13.2. The van der Waals surface area contributed by atoms with Crippen molar-refractivity contribution in [2.45, 2.75) is 39.3 Å². The number of nitrogens with one attached hydrogen (secondary N) is 1. The zero-order valence-electron chi connectivity index (χ0n) is 14.2. The molecule has 0 saturated carbocycles. The zero-order chi connectivity index (χ0) is 16.8. The summed E-state index contributed by atoms with van der Waals surface area (Å²) in [6.45, 7) is 6.37. The maximum absolute atomic E-state index is 12.4. The van der Waals surface area contributed by atoms with Crippen molar-refractivity contribution >= 4 is 18.3 Å². The van der Waals surface area contributed by atoms with E-state index in [0.29, 0.717) is 12.4 Å². The Kier molecular flexibility index (Phi) is 7.81. The minimum Gasteiger partial charge on any atom is -0.354 e. The van der Waals surface area contributed by atoms with Crippen molar-refractivity contribution in [3.05, 3.63) is 30.3 Å². The largest absolute Gasteiger partial charge is 0.354 e. The first-order valence-electron chi connectivity index (χ1n) is 7.87. The van der Waals surface area contributed by atoms with Crippen LogP contribution < -0.4 is 11.1 Å². The fourth-order valence-corrected chi connectivity index (χ4v) is 2.25. The van der Waals surface area contributed by atoms with Crippen LogP contribution in [-0.2, 0) is 4.79 Å². The molecule has 0 aliphatic carbocycles. The smallest absolute Gasteiger partial charge is 0.247 e. The Morgan fingerprint density at radius 3 is 2.50 bits per heavy atom. The second kappa shape index (κ2) is 9.34. The van der Waals surface area contributed by atoms with Crippen LogP contribution in [-0.4, -0.2) is 38.7 Å². The van der Waals surface area contributed by atoms with Gasteiger partial charge in [0.15, 0.2) is 6.04 Å². The molecule has 8 heteroatoms. The van der Waals surface area contributed by atoms with E-state index in [1.807, 2.05) is 51.1 Å². The molecule has 0 saturated heterocycles. The van der Waals surface area contributed by atoms with Crippen molar-refractivity contribution < 1.29 is 4.79 Å². The molecule has 0 radical (unpaired) electrons. The van der Waals surface area contributed by atoms with Gasteiger partial charge in [0.25, 0.3) is 0 Å². The van der Waals surface area contributed by atoms with E-state index < -0.39 is 6.04 Å². The molecule has 132 valence electrons. The summed E-state index contributed by atoms with van der Waals surface area (Å²) < 4.78 is 0. The summed E-state index contributed by atoms with van der Waals surface area (Å²) in [5.74, 6) is 0.445. The molecule has 1 aromatic carbocycles. The lowest BCUT2D eigenvalue weighted by Crippen LogP contribution is -2.38. The van der Waals surface area contributed by atoms with Crippen LogP contribution in [0.15, 0.2) is 30.3 Å². The summed E-state index contributed by atoms with van der Waals surface area (Å²) in [5, 5.41) is 15.4. The quantitative estimate of drug-likeness (QED) is 0.791. The van der Waals surface area contributed by atoms with E-state index in [4.69, 9.17) is 5.73 Å². The lowest BCUT2D eigenvalue weighted by molar-refractivity contribution is -0.126. The first-order chi connectivity index (χ1) is 11.0. The number of tetrazole rings is 1. The van der Waals surface area contributed by atoms with Gasteiger partial charge >= 0.3 is 0 Å². The summed E-state index contributed by atoms with van der Waals surface area (Å²) >= 11 is 0. The van der Waals surface area contributed by atoms with Gasteiger partial charge in [0.2, 0.25) is 11.7 Å². The fraction of sp³-hybridized carbons (Fsp3) is 0.500. The third-order valence-corrected chi connectivity index (χ3v) is 3.51. The number of nitrogens with zero attached hydrogens (tertiary/aromatic N) is 4. The summed E-state index contributed by atoms with van der Waals surface area (Å²) in [6.07, 6.45) is 0.733. The zero-order valence-corrected chi connectivity index (χ0v) is 15.0. The van der Waals surface area contributed by atoms with Crippen LogP contribution in [0, 0.1) is 5.92 Å². The Balaban J connectivity index is 0.00000288. The third-order valence-electron chi connectivity index (χ3n) is 3.51. The molecule has 2 rings (SSSR count). The Morgan fingerprint density at radius 2 is 1.92 bits per heavy atom. The van der Waals surface area contributed by atoms with Crippen LogP contribution in [0.5, 0.6) is 0 Å². The Morgan fingerprint density at radius 1 is 1.25 bits per heavy atom. The molecule has 1 heterocycles. The first kappa shape index (κ1) is 20.1. The molecular formula is C16H25ClN6O. The van der Waals surface area contributed by atoms with E-state index >= 15 is 0 Å². The lowest BCUT2D eigenvalue weighted by atomic mass is 10.0. The van der Waals surface area contributed by atoms with Crippen molar-refractivity contribution in [1.82, 2.24) is 25.5 Å². The lowest BCUT2D eigenvalue weighted by Gasteiger charge is -2.19. The van der Waals surface area contributed by atoms with Gasteiger partial charge in [0.05, 0.1) is 0 Å². The van der Waals surface area contributed by atoms with Crippen LogP contribution in [0.4, 0.5) is 0 Å². The summed E-state index contributed by atoms with van der Waals surface area (Å²) in [4.78, 5) is 13.8. The molecule has 0 fully saturated rings. The highest BCUT2D eigenvalue weighted by atomic mass is 35.5. The van der Waals surface area contributed by atoms with Gasteiger partial charge in [0.1, 0.15) is 0 Å². The second-order valence-corrected chi connectivity index (χ2v) is 6.05. The summed E-state index contributed by atoms with van der Waals surface area (Å²) in [6, 6.07) is 9.14. The molecule has 0 aliphatic heterocycles. The maximum atomic E-state index is 12.4. The van der Waals surface area contributed by atoms with Gasteiger partial charge in [0, 0.05) is 18.2 Å². The number of rotatable bonds is 7. The Bertz CT molecular complexity index is 629. The van der Waals surface area contributed by atoms with Crippen molar-refractivity contribution in [3.63, 3.8) is 0 Å². The highest BCUT2D eigenvalue weighted by molar-refractivity contribution is 5.85. The number of nitrogens with two attached hydrogens (primary N) is 1. The van der Waals surface area contributed by atoms with E-state index in [-0.39, 0.29) is 30.3 Å². The number of carbonyl (C=O) groups excluding carboxylic acids is 1. The molecule has 0 bridgehead atoms. The van der Waals surface area contributed by atoms with E-state index in [2.05, 4.69) is 20.7 Å². The topological polar surface area (TPSA) is 98.7 Å². The fourth-order valence-electron chi connectivity index (χ4n) is 2.25. The van der Waals surface area contributed by atoms with Gasteiger partial charge in [-0.25, -0.2) is 0 Å². The first-order valence-corrected chi connectivity index (χ1v) is 7.87. The van der Waals surface area contributed by atoms with Crippen molar-refractivity contribution in [1.29, 1.82) is 0 Å². The predicted octanol–water partition coefficient (Wildman–Crippen LogP) is 1.81. The number of carbonyl (C=O) groups is 1. The van der Waals surface area contributed by atoms with E-state index in [1.165, 1.54) is 4.80 Å². The second-order valence-electron chi connectivity index (χ2n) is 6.05. The molecule has 3 N–H and O–H groups in total. The number of amides is 1. The SMILES string of the molecule is CC(N)CCNC(=O)C(C(C)C)n1nnc(-c2ccccc2)n1.Cl. The molecule has 24 heavy (non-hydrogen) atoms. The highest BCUT2D eigenvalue weighted by Crippen LogP contribution is 2.18. The predicted molar refractivity (Wildman–Crippen MR) is 95.7 cm³/mol. The van der Waals surface area contributed by atoms with Crippen LogP contribution >= 0.6 is 12.4 Å². The number of hydrogen-bond donors (Lipinski definition) is 2. The van der Waals surface area contributed by atoms with E-state index in [1.54, 1.807) is 0 Å². The Labute approximate surface area is 148 Å². The molecule has 0 aliphatic rings. The van der Waals surface area contributed by atoms with Gasteiger partial charge in [-0.1, -0.05) is 44.2 Å². The molecule has 2 aromatic rings. The van der Waals surface area contributed by atoms with Crippen molar-refractivity contribution in [3.8, 4) is 11.4 Å². The van der Waals surface area contributed by atoms with Gasteiger partial charge in [-0.2, -0.15) is 4.80 Å². The van der Waals surface area contributed by atoms with Gasteiger partial charge in [-0.05, 0) is 24.5 Å². The minimum absolute atomic E-state index is 0. The molecule has 1 amide bonds. The third kappa shape index (κ3) is 5.28. The van der Waals surface area contributed by atoms with Crippen molar-refractivity contribution in [2.75, 3.05) is 6.54 Å². The van der Waals surface area contributed by atoms with Gasteiger partial charge in [-0.15, -0.1) is 22.6 Å². The van der Waals surface area contributed by atoms with Crippen LogP contribution in [0.2, 0.25) is 0 Å². The minimum atomic E-state index is -0.493. The molecule has 2 unspecified atom stereocenters. The van der Waals surface area contributed by atoms with Gasteiger partial charge < -0.3 is 11.1 Å². The van der Waals surface area contributed by atoms with Gasteiger partial charge in [-0.3, -0.25) is 4.79 Å². The standard InChI is InChI=1S/C16H24N6O.ClH/c1-11(2)14(16(23)18-10-9-12(3)17)22-20-15(19-21-22)13-7-5-4-6-8-13;/h4-8,11-12,14H,9-10,17H2,1-3H3,(H,18,23);1H. The van der Waals surface area contributed by atoms with Crippen LogP contribution in [0.1, 0.15) is 33.2 Å². The number of hydrogen-bond acceptors (Lipinski definition) is 5. The average Bonchev–Trinajstić information content (AvgIpc) is 2.97. The molecular weight excluding hydrogens is 328 g/mol. The number of aromatic nitrogens is 4. The van der Waals surface area contributed by atoms with E-state index in [0.717, 1.165) is 12.0 Å². The molecule has 1 aromatic heterocycles. The van der Waals surface area contributed by atoms with Crippen LogP contribution in [0.3, 0.4) is 0 Å². The van der Waals surface area contributed by atoms with Crippen molar-refractivity contribution in [2.24, 2.45) is 11.7 Å². The van der Waals surface area contributed by atoms with E-state index in [9.17, 15) is 4.79 Å².